The van der Waals surface area contributed by atoms with E-state index >= 15 is 0 Å². The SMILES string of the molecule is Cc1ccccc1CC(C)NC(=O)c1scnc1C. The van der Waals surface area contributed by atoms with Crippen LogP contribution in [0.5, 0.6) is 0 Å². The monoisotopic (exact) mass is 274 g/mol. The quantitative estimate of drug-likeness (QED) is 0.930. The molecule has 0 aliphatic heterocycles. The first-order chi connectivity index (χ1) is 9.08. The second kappa shape index (κ2) is 5.97. The Morgan fingerprint density at radius 3 is 2.74 bits per heavy atom. The predicted octanol–water partition coefficient (Wildman–Crippen LogP) is 3.12. The molecule has 1 atom stereocenters. The number of aryl methyl sites for hydroxylation is 2. The van der Waals surface area contributed by atoms with Gasteiger partial charge in [0.2, 0.25) is 0 Å². The molecule has 0 spiro atoms. The summed E-state index contributed by atoms with van der Waals surface area (Å²) in [5.41, 5.74) is 5.04. The molecule has 1 N–H and O–H groups in total. The van der Waals surface area contributed by atoms with E-state index in [1.165, 1.54) is 22.5 Å². The van der Waals surface area contributed by atoms with Crippen LogP contribution >= 0.6 is 11.3 Å². The van der Waals surface area contributed by atoms with Gasteiger partial charge in [-0.25, -0.2) is 4.98 Å². The van der Waals surface area contributed by atoms with Crippen LogP contribution in [0, 0.1) is 13.8 Å². The fourth-order valence-electron chi connectivity index (χ4n) is 2.03. The van der Waals surface area contributed by atoms with Crippen molar-refractivity contribution in [3.05, 3.63) is 51.5 Å². The minimum atomic E-state index is -0.0268. The van der Waals surface area contributed by atoms with Gasteiger partial charge in [0, 0.05) is 6.04 Å². The maximum Gasteiger partial charge on any atom is 0.263 e. The number of nitrogens with one attached hydrogen (secondary N) is 1. The molecule has 0 saturated heterocycles. The maximum atomic E-state index is 12.1. The topological polar surface area (TPSA) is 42.0 Å². The van der Waals surface area contributed by atoms with Gasteiger partial charge < -0.3 is 5.32 Å². The van der Waals surface area contributed by atoms with Crippen LogP contribution in [0.1, 0.15) is 33.4 Å². The molecular formula is C15H18N2OS. The Labute approximate surface area is 117 Å². The molecule has 100 valence electrons. The van der Waals surface area contributed by atoms with E-state index in [1.807, 2.05) is 26.0 Å². The highest BCUT2D eigenvalue weighted by Gasteiger charge is 2.14. The average molecular weight is 274 g/mol. The molecule has 3 nitrogen and oxygen atoms in total. The molecule has 1 amide bonds. The Bertz CT molecular complexity index is 577. The summed E-state index contributed by atoms with van der Waals surface area (Å²) in [6.45, 7) is 5.98. The number of hydrogen-bond donors (Lipinski definition) is 1. The third-order valence-corrected chi connectivity index (χ3v) is 4.04. The number of thiazole rings is 1. The normalized spacial score (nSPS) is 12.2. The highest BCUT2D eigenvalue weighted by Crippen LogP contribution is 2.13. The lowest BCUT2D eigenvalue weighted by molar-refractivity contribution is 0.0943. The summed E-state index contributed by atoms with van der Waals surface area (Å²) < 4.78 is 0. The van der Waals surface area contributed by atoms with Crippen LogP contribution in [0.4, 0.5) is 0 Å². The molecule has 2 aromatic rings. The molecule has 4 heteroatoms. The van der Waals surface area contributed by atoms with Gasteiger partial charge in [0.15, 0.2) is 0 Å². The van der Waals surface area contributed by atoms with E-state index in [2.05, 4.69) is 29.4 Å². The zero-order valence-electron chi connectivity index (χ0n) is 11.4. The van der Waals surface area contributed by atoms with Crippen LogP contribution in [-0.2, 0) is 6.42 Å². The van der Waals surface area contributed by atoms with Crippen molar-refractivity contribution in [3.8, 4) is 0 Å². The standard InChI is InChI=1S/C15H18N2OS/c1-10-6-4-5-7-13(10)8-11(2)17-15(18)14-12(3)16-9-19-14/h4-7,9,11H,8H2,1-3H3,(H,17,18). The smallest absolute Gasteiger partial charge is 0.263 e. The van der Waals surface area contributed by atoms with Crippen molar-refractivity contribution in [2.75, 3.05) is 0 Å². The summed E-state index contributed by atoms with van der Waals surface area (Å²) in [5, 5.41) is 3.03. The van der Waals surface area contributed by atoms with Crippen molar-refractivity contribution in [2.24, 2.45) is 0 Å². The van der Waals surface area contributed by atoms with E-state index < -0.39 is 0 Å². The van der Waals surface area contributed by atoms with Gasteiger partial charge in [-0.2, -0.15) is 0 Å². The van der Waals surface area contributed by atoms with Gasteiger partial charge in [-0.15, -0.1) is 11.3 Å². The van der Waals surface area contributed by atoms with Gasteiger partial charge in [0.05, 0.1) is 11.2 Å². The van der Waals surface area contributed by atoms with Crippen LogP contribution in [0.3, 0.4) is 0 Å². The summed E-state index contributed by atoms with van der Waals surface area (Å²) in [5.74, 6) is -0.0268. The first kappa shape index (κ1) is 13.7. The molecule has 19 heavy (non-hydrogen) atoms. The Balaban J connectivity index is 1.99. The lowest BCUT2D eigenvalue weighted by atomic mass is 10.0. The number of hydrogen-bond acceptors (Lipinski definition) is 3. The van der Waals surface area contributed by atoms with Gasteiger partial charge in [0.1, 0.15) is 4.88 Å². The molecule has 2 rings (SSSR count). The molecule has 0 aliphatic carbocycles. The van der Waals surface area contributed by atoms with Crippen LogP contribution in [0.25, 0.3) is 0 Å². The van der Waals surface area contributed by atoms with Gasteiger partial charge in [0.25, 0.3) is 5.91 Å². The lowest BCUT2D eigenvalue weighted by Crippen LogP contribution is -2.34. The number of carbonyl (C=O) groups excluding carboxylic acids is 1. The van der Waals surface area contributed by atoms with Gasteiger partial charge in [-0.05, 0) is 38.3 Å². The van der Waals surface area contributed by atoms with Crippen LogP contribution in [-0.4, -0.2) is 16.9 Å². The summed E-state index contributed by atoms with van der Waals surface area (Å²) >= 11 is 1.39. The molecule has 1 aromatic carbocycles. The molecule has 0 aliphatic rings. The Morgan fingerprint density at radius 1 is 1.37 bits per heavy atom. The predicted molar refractivity (Wildman–Crippen MR) is 78.7 cm³/mol. The summed E-state index contributed by atoms with van der Waals surface area (Å²) in [4.78, 5) is 16.9. The third-order valence-electron chi connectivity index (χ3n) is 3.12. The zero-order valence-corrected chi connectivity index (χ0v) is 12.3. The number of aromatic nitrogens is 1. The van der Waals surface area contributed by atoms with E-state index in [-0.39, 0.29) is 11.9 Å². The van der Waals surface area contributed by atoms with E-state index in [9.17, 15) is 4.79 Å². The van der Waals surface area contributed by atoms with Crippen molar-refractivity contribution in [1.29, 1.82) is 0 Å². The Morgan fingerprint density at radius 2 is 2.11 bits per heavy atom. The van der Waals surface area contributed by atoms with Crippen LogP contribution in [0.2, 0.25) is 0 Å². The second-order valence-electron chi connectivity index (χ2n) is 4.77. The second-order valence-corrected chi connectivity index (χ2v) is 5.63. The average Bonchev–Trinajstić information content (AvgIpc) is 2.78. The molecule has 0 radical (unpaired) electrons. The fourth-order valence-corrected chi connectivity index (χ4v) is 2.73. The highest BCUT2D eigenvalue weighted by atomic mass is 32.1. The first-order valence-electron chi connectivity index (χ1n) is 6.33. The van der Waals surface area contributed by atoms with Crippen LogP contribution < -0.4 is 5.32 Å². The Kier molecular flexibility index (Phi) is 4.32. The number of carbonyl (C=O) groups is 1. The lowest BCUT2D eigenvalue weighted by Gasteiger charge is -2.15. The summed E-state index contributed by atoms with van der Waals surface area (Å²) in [6, 6.07) is 8.37. The molecule has 1 heterocycles. The molecule has 0 bridgehead atoms. The van der Waals surface area contributed by atoms with E-state index in [1.54, 1.807) is 5.51 Å². The molecule has 1 unspecified atom stereocenters. The number of benzene rings is 1. The van der Waals surface area contributed by atoms with Gasteiger partial charge >= 0.3 is 0 Å². The van der Waals surface area contributed by atoms with E-state index in [4.69, 9.17) is 0 Å². The van der Waals surface area contributed by atoms with Gasteiger partial charge in [-0.1, -0.05) is 24.3 Å². The summed E-state index contributed by atoms with van der Waals surface area (Å²) in [6.07, 6.45) is 0.844. The number of rotatable bonds is 4. The van der Waals surface area contributed by atoms with Crippen molar-refractivity contribution >= 4 is 17.2 Å². The van der Waals surface area contributed by atoms with Gasteiger partial charge in [-0.3, -0.25) is 4.79 Å². The molecule has 1 aromatic heterocycles. The minimum absolute atomic E-state index is 0.0268. The number of nitrogens with zero attached hydrogens (tertiary/aromatic N) is 1. The minimum Gasteiger partial charge on any atom is -0.348 e. The largest absolute Gasteiger partial charge is 0.348 e. The summed E-state index contributed by atoms with van der Waals surface area (Å²) in [7, 11) is 0. The molecular weight excluding hydrogens is 256 g/mol. The van der Waals surface area contributed by atoms with Crippen molar-refractivity contribution in [2.45, 2.75) is 33.2 Å². The zero-order chi connectivity index (χ0) is 13.8. The Hall–Kier alpha value is -1.68. The molecule has 0 saturated carbocycles. The highest BCUT2D eigenvalue weighted by molar-refractivity contribution is 7.11. The number of amides is 1. The first-order valence-corrected chi connectivity index (χ1v) is 7.21. The molecule has 0 fully saturated rings. The van der Waals surface area contributed by atoms with E-state index in [0.29, 0.717) is 4.88 Å². The third kappa shape index (κ3) is 3.41. The van der Waals surface area contributed by atoms with Crippen molar-refractivity contribution in [1.82, 2.24) is 10.3 Å². The fraction of sp³-hybridized carbons (Fsp3) is 0.333. The van der Waals surface area contributed by atoms with Crippen molar-refractivity contribution in [3.63, 3.8) is 0 Å². The maximum absolute atomic E-state index is 12.1. The van der Waals surface area contributed by atoms with Crippen molar-refractivity contribution < 1.29 is 4.79 Å². The van der Waals surface area contributed by atoms with E-state index in [0.717, 1.165) is 12.1 Å². The van der Waals surface area contributed by atoms with Crippen LogP contribution in [0.15, 0.2) is 29.8 Å².